The van der Waals surface area contributed by atoms with Crippen molar-refractivity contribution in [3.8, 4) is 11.5 Å². The summed E-state index contributed by atoms with van der Waals surface area (Å²) in [6, 6.07) is 17.9. The van der Waals surface area contributed by atoms with Crippen LogP contribution in [0, 0.1) is 5.92 Å². The SMILES string of the molecule is COc1cccc([C@H](NC(=O)C2CCN(CCOc3ccccc3C(F)(F)F)CC2)c2ccccn2)c1. The quantitative estimate of drug-likeness (QED) is 0.431. The van der Waals surface area contributed by atoms with Gasteiger partial charge in [0.2, 0.25) is 5.91 Å². The second-order valence-corrected chi connectivity index (χ2v) is 8.93. The Balaban J connectivity index is 1.32. The van der Waals surface area contributed by atoms with Crippen LogP contribution < -0.4 is 14.8 Å². The summed E-state index contributed by atoms with van der Waals surface area (Å²) in [4.78, 5) is 19.8. The Kier molecular flexibility index (Phi) is 8.66. The number of para-hydroxylation sites is 1. The molecule has 1 aliphatic rings. The van der Waals surface area contributed by atoms with Gasteiger partial charge in [0.05, 0.1) is 24.4 Å². The first-order valence-electron chi connectivity index (χ1n) is 12.2. The zero-order chi connectivity index (χ0) is 26.3. The lowest BCUT2D eigenvalue weighted by Crippen LogP contribution is -2.43. The molecule has 2 aromatic carbocycles. The fourth-order valence-corrected chi connectivity index (χ4v) is 4.49. The second-order valence-electron chi connectivity index (χ2n) is 8.93. The van der Waals surface area contributed by atoms with E-state index in [1.54, 1.807) is 13.3 Å². The van der Waals surface area contributed by atoms with Gasteiger partial charge in [-0.1, -0.05) is 30.3 Å². The third-order valence-electron chi connectivity index (χ3n) is 6.51. The minimum Gasteiger partial charge on any atom is -0.497 e. The number of hydrogen-bond acceptors (Lipinski definition) is 5. The van der Waals surface area contributed by atoms with E-state index in [0.29, 0.717) is 38.2 Å². The van der Waals surface area contributed by atoms with Crippen molar-refractivity contribution in [1.29, 1.82) is 0 Å². The molecule has 0 spiro atoms. The van der Waals surface area contributed by atoms with Gasteiger partial charge in [-0.3, -0.25) is 14.7 Å². The third-order valence-corrected chi connectivity index (χ3v) is 6.51. The van der Waals surface area contributed by atoms with Gasteiger partial charge in [0.25, 0.3) is 0 Å². The Bertz CT molecular complexity index is 1170. The van der Waals surface area contributed by atoms with Crippen molar-refractivity contribution in [1.82, 2.24) is 15.2 Å². The lowest BCUT2D eigenvalue weighted by atomic mass is 9.94. The maximum atomic E-state index is 13.2. The van der Waals surface area contributed by atoms with E-state index in [-0.39, 0.29) is 24.2 Å². The third kappa shape index (κ3) is 7.01. The molecular weight excluding hydrogens is 483 g/mol. The van der Waals surface area contributed by atoms with Crippen LogP contribution >= 0.6 is 0 Å². The van der Waals surface area contributed by atoms with Crippen molar-refractivity contribution in [2.75, 3.05) is 33.4 Å². The minimum absolute atomic E-state index is 0.0477. The number of carbonyl (C=O) groups is 1. The molecule has 4 rings (SSSR count). The average Bonchev–Trinajstić information content (AvgIpc) is 2.92. The predicted octanol–water partition coefficient (Wildman–Crippen LogP) is 5.11. The molecule has 37 heavy (non-hydrogen) atoms. The Labute approximate surface area is 214 Å². The molecule has 1 aliphatic heterocycles. The Morgan fingerprint density at radius 1 is 1.08 bits per heavy atom. The summed E-state index contributed by atoms with van der Waals surface area (Å²) >= 11 is 0. The highest BCUT2D eigenvalue weighted by Gasteiger charge is 2.34. The van der Waals surface area contributed by atoms with Gasteiger partial charge in [-0.05, 0) is 67.9 Å². The summed E-state index contributed by atoms with van der Waals surface area (Å²) in [5.74, 6) is 0.317. The number of carbonyl (C=O) groups excluding carboxylic acids is 1. The van der Waals surface area contributed by atoms with Gasteiger partial charge in [0, 0.05) is 18.7 Å². The molecule has 3 aromatic rings. The highest BCUT2D eigenvalue weighted by molar-refractivity contribution is 5.79. The van der Waals surface area contributed by atoms with Gasteiger partial charge in [-0.2, -0.15) is 13.2 Å². The van der Waals surface area contributed by atoms with E-state index in [1.807, 2.05) is 42.5 Å². The highest BCUT2D eigenvalue weighted by atomic mass is 19.4. The monoisotopic (exact) mass is 513 g/mol. The van der Waals surface area contributed by atoms with Crippen LogP contribution in [0.1, 0.15) is 35.7 Å². The fraction of sp³-hybridized carbons (Fsp3) is 0.357. The molecule has 1 fully saturated rings. The standard InChI is InChI=1S/C28H30F3N3O3/c1-36-22-8-6-7-21(19-22)26(24-10-4-5-14-32-24)33-27(35)20-12-15-34(16-13-20)17-18-37-25-11-3-2-9-23(25)28(29,30)31/h2-11,14,19-20,26H,12-13,15-18H2,1H3,(H,33,35)/t26-/m0/s1. The van der Waals surface area contributed by atoms with Crippen molar-refractivity contribution in [3.63, 3.8) is 0 Å². The Morgan fingerprint density at radius 3 is 2.54 bits per heavy atom. The molecule has 2 heterocycles. The van der Waals surface area contributed by atoms with Gasteiger partial charge in [-0.25, -0.2) is 0 Å². The summed E-state index contributed by atoms with van der Waals surface area (Å²) in [6.45, 7) is 1.95. The van der Waals surface area contributed by atoms with Crippen LogP contribution in [0.15, 0.2) is 72.9 Å². The molecule has 1 amide bonds. The van der Waals surface area contributed by atoms with Crippen LogP contribution in [0.4, 0.5) is 13.2 Å². The molecule has 0 saturated carbocycles. The summed E-state index contributed by atoms with van der Waals surface area (Å²) in [5.41, 5.74) is 0.835. The molecule has 0 bridgehead atoms. The van der Waals surface area contributed by atoms with Crippen LogP contribution in [0.2, 0.25) is 0 Å². The first-order chi connectivity index (χ1) is 17.8. The normalized spacial score (nSPS) is 15.7. The maximum Gasteiger partial charge on any atom is 0.419 e. The Hall–Kier alpha value is -3.59. The molecule has 196 valence electrons. The van der Waals surface area contributed by atoms with E-state index in [9.17, 15) is 18.0 Å². The van der Waals surface area contributed by atoms with E-state index in [4.69, 9.17) is 9.47 Å². The van der Waals surface area contributed by atoms with E-state index >= 15 is 0 Å². The Morgan fingerprint density at radius 2 is 1.84 bits per heavy atom. The van der Waals surface area contributed by atoms with Gasteiger partial charge in [0.1, 0.15) is 18.1 Å². The van der Waals surface area contributed by atoms with Gasteiger partial charge in [0.15, 0.2) is 0 Å². The molecule has 0 aliphatic carbocycles. The smallest absolute Gasteiger partial charge is 0.419 e. The lowest BCUT2D eigenvalue weighted by Gasteiger charge is -2.32. The van der Waals surface area contributed by atoms with Gasteiger partial charge < -0.3 is 14.8 Å². The van der Waals surface area contributed by atoms with Crippen molar-refractivity contribution in [2.45, 2.75) is 25.1 Å². The number of rotatable bonds is 9. The van der Waals surface area contributed by atoms with Crippen LogP contribution in [0.5, 0.6) is 11.5 Å². The van der Waals surface area contributed by atoms with Crippen LogP contribution in [0.25, 0.3) is 0 Å². The molecular formula is C28H30F3N3O3. The number of hydrogen-bond donors (Lipinski definition) is 1. The first kappa shape index (κ1) is 26.5. The van der Waals surface area contributed by atoms with Gasteiger partial charge in [-0.15, -0.1) is 0 Å². The number of nitrogens with one attached hydrogen (secondary N) is 1. The molecule has 1 N–H and O–H groups in total. The number of methoxy groups -OCH3 is 1. The van der Waals surface area contributed by atoms with Crippen molar-refractivity contribution < 1.29 is 27.4 Å². The number of halogens is 3. The largest absolute Gasteiger partial charge is 0.497 e. The molecule has 0 unspecified atom stereocenters. The number of ether oxygens (including phenoxy) is 2. The number of piperidine rings is 1. The van der Waals surface area contributed by atoms with Crippen LogP contribution in [0.3, 0.4) is 0 Å². The van der Waals surface area contributed by atoms with Crippen molar-refractivity contribution >= 4 is 5.91 Å². The summed E-state index contributed by atoms with van der Waals surface area (Å²) in [6.07, 6.45) is -1.46. The number of likely N-dealkylation sites (tertiary alicyclic amines) is 1. The number of benzene rings is 2. The molecule has 6 nitrogen and oxygen atoms in total. The van der Waals surface area contributed by atoms with E-state index in [0.717, 1.165) is 17.3 Å². The topological polar surface area (TPSA) is 63.7 Å². The van der Waals surface area contributed by atoms with Crippen LogP contribution in [-0.4, -0.2) is 49.1 Å². The van der Waals surface area contributed by atoms with E-state index < -0.39 is 17.8 Å². The first-order valence-corrected chi connectivity index (χ1v) is 12.2. The number of amides is 1. The second kappa shape index (κ2) is 12.1. The van der Waals surface area contributed by atoms with Crippen molar-refractivity contribution in [2.24, 2.45) is 5.92 Å². The predicted molar refractivity (Wildman–Crippen MR) is 133 cm³/mol. The number of alkyl halides is 3. The molecule has 9 heteroatoms. The molecule has 0 radical (unpaired) electrons. The molecule has 1 atom stereocenters. The number of nitrogens with zero attached hydrogens (tertiary/aromatic N) is 2. The zero-order valence-corrected chi connectivity index (χ0v) is 20.6. The van der Waals surface area contributed by atoms with Crippen molar-refractivity contribution in [3.05, 3.63) is 89.7 Å². The minimum atomic E-state index is -4.46. The number of pyridine rings is 1. The molecule has 1 saturated heterocycles. The number of aromatic nitrogens is 1. The molecule has 1 aromatic heterocycles. The zero-order valence-electron chi connectivity index (χ0n) is 20.6. The summed E-state index contributed by atoms with van der Waals surface area (Å²) in [7, 11) is 1.60. The average molecular weight is 514 g/mol. The van der Waals surface area contributed by atoms with E-state index in [1.165, 1.54) is 18.2 Å². The summed E-state index contributed by atoms with van der Waals surface area (Å²) in [5, 5.41) is 3.16. The highest BCUT2D eigenvalue weighted by Crippen LogP contribution is 2.36. The van der Waals surface area contributed by atoms with Gasteiger partial charge >= 0.3 is 6.18 Å². The van der Waals surface area contributed by atoms with E-state index in [2.05, 4.69) is 15.2 Å². The summed E-state index contributed by atoms with van der Waals surface area (Å²) < 4.78 is 50.3. The van der Waals surface area contributed by atoms with Crippen LogP contribution in [-0.2, 0) is 11.0 Å². The maximum absolute atomic E-state index is 13.2. The fourth-order valence-electron chi connectivity index (χ4n) is 4.49. The lowest BCUT2D eigenvalue weighted by molar-refractivity contribution is -0.139.